The van der Waals surface area contributed by atoms with Crippen LogP contribution in [0.2, 0.25) is 0 Å². The van der Waals surface area contributed by atoms with Crippen molar-refractivity contribution in [3.8, 4) is 5.75 Å². The molecular formula is C33H44N4O7. The molecule has 5 rings (SSSR count). The Labute approximate surface area is 258 Å². The molecule has 0 bridgehead atoms. The molecule has 11 nitrogen and oxygen atoms in total. The first kappa shape index (κ1) is 31.7. The zero-order chi connectivity index (χ0) is 31.5. The minimum atomic E-state index is -1.53. The fourth-order valence-electron chi connectivity index (χ4n) is 6.77. The molecule has 2 saturated heterocycles. The summed E-state index contributed by atoms with van der Waals surface area (Å²) in [5, 5.41) is 6.71. The van der Waals surface area contributed by atoms with E-state index in [4.69, 9.17) is 14.2 Å². The van der Waals surface area contributed by atoms with Crippen LogP contribution >= 0.6 is 0 Å². The average molecular weight is 609 g/mol. The van der Waals surface area contributed by atoms with Crippen molar-refractivity contribution in [2.24, 2.45) is 5.92 Å². The zero-order valence-electron chi connectivity index (χ0n) is 26.1. The second-order valence-electron chi connectivity index (χ2n) is 13.3. The number of hydrogen-bond acceptors (Lipinski definition) is 9. The summed E-state index contributed by atoms with van der Waals surface area (Å²) in [4.78, 5) is 59.6. The van der Waals surface area contributed by atoms with E-state index < -0.39 is 46.9 Å². The van der Waals surface area contributed by atoms with Crippen molar-refractivity contribution >= 4 is 35.2 Å². The Bertz CT molecular complexity index is 1390. The van der Waals surface area contributed by atoms with Gasteiger partial charge in [0, 0.05) is 24.5 Å². The molecule has 1 saturated carbocycles. The number of aldehydes is 1. The Hall–Kier alpha value is -3.73. The lowest BCUT2D eigenvalue weighted by molar-refractivity contribution is -0.148. The molecule has 0 spiro atoms. The highest BCUT2D eigenvalue weighted by molar-refractivity contribution is 5.94. The van der Waals surface area contributed by atoms with Gasteiger partial charge in [0.25, 0.3) is 0 Å². The van der Waals surface area contributed by atoms with Gasteiger partial charge < -0.3 is 19.5 Å². The van der Waals surface area contributed by atoms with Crippen LogP contribution in [-0.2, 0) is 23.9 Å². The molecular weight excluding hydrogens is 564 g/mol. The number of pyridine rings is 1. The van der Waals surface area contributed by atoms with Crippen LogP contribution in [0.1, 0.15) is 78.6 Å². The molecule has 3 heterocycles. The SMILES string of the molecule is COC(=O)[C@@]12C[C@H]1CCCCCCC[C@@](C=O)(NC(=O)OC(C)(C)C)N1C[C@H](Oc3ccnc4ccccc34)C[C@H]1C(=O)N2. The van der Waals surface area contributed by atoms with Crippen LogP contribution in [0.25, 0.3) is 10.9 Å². The second-order valence-corrected chi connectivity index (χ2v) is 13.3. The van der Waals surface area contributed by atoms with Crippen molar-refractivity contribution in [1.29, 1.82) is 0 Å². The fraction of sp³-hybridized carbons (Fsp3) is 0.606. The standard InChI is InChI=1S/C33H44N4O7/c1-31(2,3)44-30(41)36-32(21-38)16-11-7-5-6-8-12-22-19-33(22,29(40)42-4)35-28(39)26-18-23(20-37(26)32)43-27-15-17-34-25-14-10-9-13-24(25)27/h9-10,13-15,17,21-23,26H,5-8,11-12,16,18-20H2,1-4H3,(H,35,39)(H,36,41)/t22-,23-,26+,32-,33-/m1/s1. The highest BCUT2D eigenvalue weighted by atomic mass is 16.6. The highest BCUT2D eigenvalue weighted by Gasteiger charge is 2.63. The van der Waals surface area contributed by atoms with Gasteiger partial charge in [-0.2, -0.15) is 0 Å². The van der Waals surface area contributed by atoms with Crippen molar-refractivity contribution in [1.82, 2.24) is 20.5 Å². The molecule has 3 aliphatic rings. The number of benzene rings is 1. The number of nitrogens with one attached hydrogen (secondary N) is 2. The van der Waals surface area contributed by atoms with Crippen molar-refractivity contribution in [3.63, 3.8) is 0 Å². The lowest BCUT2D eigenvalue weighted by Gasteiger charge is -2.41. The van der Waals surface area contributed by atoms with Gasteiger partial charge in [-0.1, -0.05) is 37.8 Å². The van der Waals surface area contributed by atoms with Gasteiger partial charge in [-0.3, -0.25) is 24.8 Å². The van der Waals surface area contributed by atoms with Gasteiger partial charge >= 0.3 is 12.1 Å². The van der Waals surface area contributed by atoms with E-state index in [-0.39, 0.29) is 25.3 Å². The molecule has 44 heavy (non-hydrogen) atoms. The van der Waals surface area contributed by atoms with Gasteiger partial charge in [0.15, 0.2) is 11.9 Å². The van der Waals surface area contributed by atoms with E-state index in [9.17, 15) is 19.2 Å². The first-order valence-corrected chi connectivity index (χ1v) is 15.7. The second kappa shape index (κ2) is 12.7. The first-order valence-electron chi connectivity index (χ1n) is 15.7. The van der Waals surface area contributed by atoms with E-state index in [1.807, 2.05) is 24.3 Å². The van der Waals surface area contributed by atoms with E-state index in [0.717, 1.165) is 43.0 Å². The number of rotatable bonds is 5. The minimum absolute atomic E-state index is 0.0114. The van der Waals surface area contributed by atoms with E-state index in [0.29, 0.717) is 24.9 Å². The Balaban J connectivity index is 1.51. The third-order valence-corrected chi connectivity index (χ3v) is 9.00. The van der Waals surface area contributed by atoms with Crippen LogP contribution in [0.15, 0.2) is 36.5 Å². The predicted octanol–water partition coefficient (Wildman–Crippen LogP) is 4.27. The van der Waals surface area contributed by atoms with Crippen LogP contribution in [0.3, 0.4) is 0 Å². The third-order valence-electron chi connectivity index (χ3n) is 9.00. The quantitative estimate of drug-likeness (QED) is 0.377. The summed E-state index contributed by atoms with van der Waals surface area (Å²) in [5.41, 5.74) is -2.65. The Morgan fingerprint density at radius 3 is 2.61 bits per heavy atom. The van der Waals surface area contributed by atoms with E-state index in [1.54, 1.807) is 37.9 Å². The number of fused-ring (bicyclic) bond motifs is 3. The number of para-hydroxylation sites is 1. The van der Waals surface area contributed by atoms with Crippen molar-refractivity contribution < 1.29 is 33.4 Å². The van der Waals surface area contributed by atoms with Crippen molar-refractivity contribution in [2.75, 3.05) is 13.7 Å². The minimum Gasteiger partial charge on any atom is -0.488 e. The molecule has 2 amide bonds. The molecule has 1 aromatic heterocycles. The number of ether oxygens (including phenoxy) is 3. The number of esters is 1. The molecule has 3 fully saturated rings. The van der Waals surface area contributed by atoms with Gasteiger partial charge in [-0.25, -0.2) is 9.59 Å². The Morgan fingerprint density at radius 2 is 1.86 bits per heavy atom. The molecule has 2 aromatic rings. The summed E-state index contributed by atoms with van der Waals surface area (Å²) in [5.74, 6) is -0.268. The topological polar surface area (TPSA) is 136 Å². The third kappa shape index (κ3) is 6.67. The summed E-state index contributed by atoms with van der Waals surface area (Å²) in [6.45, 7) is 5.43. The highest BCUT2D eigenvalue weighted by Crippen LogP contribution is 2.48. The number of carbonyl (C=O) groups excluding carboxylic acids is 4. The smallest absolute Gasteiger partial charge is 0.409 e. The maximum Gasteiger partial charge on any atom is 0.409 e. The summed E-state index contributed by atoms with van der Waals surface area (Å²) in [6.07, 6.45) is 7.35. The van der Waals surface area contributed by atoms with Gasteiger partial charge in [-0.15, -0.1) is 0 Å². The zero-order valence-corrected chi connectivity index (χ0v) is 26.1. The number of methoxy groups -OCH3 is 1. The van der Waals surface area contributed by atoms with Crippen LogP contribution in [-0.4, -0.2) is 76.7 Å². The maximum atomic E-state index is 14.2. The number of aromatic nitrogens is 1. The normalized spacial score (nSPS) is 29.7. The summed E-state index contributed by atoms with van der Waals surface area (Å²) in [7, 11) is 1.33. The molecule has 2 aliphatic heterocycles. The molecule has 5 atom stereocenters. The van der Waals surface area contributed by atoms with Crippen LogP contribution in [0.4, 0.5) is 4.79 Å². The van der Waals surface area contributed by atoms with Gasteiger partial charge in [-0.05, 0) is 70.6 Å². The maximum absolute atomic E-state index is 14.2. The predicted molar refractivity (Wildman–Crippen MR) is 163 cm³/mol. The lowest BCUT2D eigenvalue weighted by atomic mass is 9.97. The molecule has 2 N–H and O–H groups in total. The molecule has 238 valence electrons. The summed E-state index contributed by atoms with van der Waals surface area (Å²) >= 11 is 0. The van der Waals surface area contributed by atoms with E-state index >= 15 is 0 Å². The molecule has 1 aliphatic carbocycles. The molecule has 11 heteroatoms. The van der Waals surface area contributed by atoms with Crippen LogP contribution in [0.5, 0.6) is 5.75 Å². The first-order chi connectivity index (χ1) is 21.0. The van der Waals surface area contributed by atoms with Crippen LogP contribution < -0.4 is 15.4 Å². The van der Waals surface area contributed by atoms with Gasteiger partial charge in [0.2, 0.25) is 5.91 Å². The molecule has 1 aromatic carbocycles. The average Bonchev–Trinajstić information content (AvgIpc) is 3.50. The van der Waals surface area contributed by atoms with Gasteiger partial charge in [0.05, 0.1) is 18.7 Å². The largest absolute Gasteiger partial charge is 0.488 e. The number of amides is 2. The number of hydrogen-bond donors (Lipinski definition) is 2. The Kier molecular flexibility index (Phi) is 9.15. The number of alkyl carbamates (subject to hydrolysis) is 1. The van der Waals surface area contributed by atoms with E-state index in [2.05, 4.69) is 15.6 Å². The van der Waals surface area contributed by atoms with E-state index in [1.165, 1.54) is 7.11 Å². The molecule has 0 radical (unpaired) electrons. The number of carbonyl (C=O) groups is 4. The summed E-state index contributed by atoms with van der Waals surface area (Å²) < 4.78 is 17.2. The monoisotopic (exact) mass is 608 g/mol. The van der Waals surface area contributed by atoms with Crippen molar-refractivity contribution in [2.45, 2.75) is 108 Å². The fourth-order valence-corrected chi connectivity index (χ4v) is 6.77. The van der Waals surface area contributed by atoms with Crippen LogP contribution in [0, 0.1) is 5.92 Å². The molecule has 0 unspecified atom stereocenters. The summed E-state index contributed by atoms with van der Waals surface area (Å²) in [6, 6.07) is 8.52. The van der Waals surface area contributed by atoms with Crippen molar-refractivity contribution in [3.05, 3.63) is 36.5 Å². The van der Waals surface area contributed by atoms with Gasteiger partial charge in [0.1, 0.15) is 23.0 Å². The lowest BCUT2D eigenvalue weighted by Crippen LogP contribution is -2.66. The number of nitrogens with zero attached hydrogens (tertiary/aromatic N) is 2. The Morgan fingerprint density at radius 1 is 1.11 bits per heavy atom.